The molecule has 0 amide bonds. The maximum absolute atomic E-state index is 14.3. The van der Waals surface area contributed by atoms with Gasteiger partial charge in [-0.2, -0.15) is 4.98 Å². The standard InChI is InChI=1S/C23H23FN6O/c1-31-17-10-6-7-15(13-17)26-22-25-14-20-21(29-22)30(16-8-2-3-9-16)23(28-20)27-19-12-5-4-11-18(19)24/h4-7,10-14,16H,2-3,8-9H2,1H3,(H,27,28)(H,25,26,29). The van der Waals surface area contributed by atoms with Gasteiger partial charge in [0, 0.05) is 17.8 Å². The van der Waals surface area contributed by atoms with Crippen LogP contribution in [-0.2, 0) is 0 Å². The van der Waals surface area contributed by atoms with Gasteiger partial charge >= 0.3 is 0 Å². The molecule has 0 spiro atoms. The fraction of sp³-hybridized carbons (Fsp3) is 0.261. The fourth-order valence-electron chi connectivity index (χ4n) is 4.06. The molecule has 0 atom stereocenters. The molecule has 2 aromatic heterocycles. The summed E-state index contributed by atoms with van der Waals surface area (Å²) in [5.74, 6) is 1.48. The highest BCUT2D eigenvalue weighted by Gasteiger charge is 2.24. The molecule has 2 aromatic carbocycles. The Hall–Kier alpha value is -3.68. The van der Waals surface area contributed by atoms with E-state index in [1.165, 1.54) is 6.07 Å². The zero-order valence-corrected chi connectivity index (χ0v) is 17.2. The van der Waals surface area contributed by atoms with Crippen molar-refractivity contribution in [3.63, 3.8) is 0 Å². The second-order valence-electron chi connectivity index (χ2n) is 7.61. The summed E-state index contributed by atoms with van der Waals surface area (Å²) in [6.45, 7) is 0. The maximum atomic E-state index is 14.3. The minimum absolute atomic E-state index is 0.263. The van der Waals surface area contributed by atoms with E-state index < -0.39 is 0 Å². The molecule has 0 unspecified atom stereocenters. The SMILES string of the molecule is COc1cccc(Nc2ncc3nc(Nc4ccccc4F)n(C4CCCC4)c3n2)c1. The summed E-state index contributed by atoms with van der Waals surface area (Å²) < 4.78 is 21.6. The largest absolute Gasteiger partial charge is 0.497 e. The van der Waals surface area contributed by atoms with E-state index in [1.807, 2.05) is 24.3 Å². The van der Waals surface area contributed by atoms with Gasteiger partial charge in [-0.3, -0.25) is 4.57 Å². The summed E-state index contributed by atoms with van der Waals surface area (Å²) in [6, 6.07) is 14.5. The first-order valence-corrected chi connectivity index (χ1v) is 10.4. The Morgan fingerprint density at radius 1 is 1.03 bits per heavy atom. The average Bonchev–Trinajstić information content (AvgIpc) is 3.43. The molecule has 1 saturated carbocycles. The molecule has 7 nitrogen and oxygen atoms in total. The Balaban J connectivity index is 1.55. The molecule has 2 heterocycles. The average molecular weight is 418 g/mol. The van der Waals surface area contributed by atoms with Crippen LogP contribution in [0.4, 0.5) is 27.7 Å². The van der Waals surface area contributed by atoms with Gasteiger partial charge in [-0.15, -0.1) is 0 Å². The lowest BCUT2D eigenvalue weighted by Crippen LogP contribution is -2.10. The minimum Gasteiger partial charge on any atom is -0.497 e. The summed E-state index contributed by atoms with van der Waals surface area (Å²) in [5.41, 5.74) is 2.61. The zero-order chi connectivity index (χ0) is 21.2. The van der Waals surface area contributed by atoms with Gasteiger partial charge in [-0.05, 0) is 37.1 Å². The number of halogens is 1. The molecule has 0 aliphatic heterocycles. The predicted octanol–water partition coefficient (Wildman–Crippen LogP) is 5.58. The molecule has 0 saturated heterocycles. The Kier molecular flexibility index (Phi) is 5.11. The number of nitrogens with zero attached hydrogens (tertiary/aromatic N) is 4. The van der Waals surface area contributed by atoms with Gasteiger partial charge in [-0.25, -0.2) is 14.4 Å². The van der Waals surface area contributed by atoms with Crippen molar-refractivity contribution in [2.75, 3.05) is 17.7 Å². The Bertz CT molecular complexity index is 1220. The van der Waals surface area contributed by atoms with Crippen LogP contribution in [0.1, 0.15) is 31.7 Å². The zero-order valence-electron chi connectivity index (χ0n) is 17.2. The number of benzene rings is 2. The quantitative estimate of drug-likeness (QED) is 0.426. The summed E-state index contributed by atoms with van der Waals surface area (Å²) in [6.07, 6.45) is 6.09. The number of ether oxygens (including phenoxy) is 1. The van der Waals surface area contributed by atoms with Crippen LogP contribution in [0.15, 0.2) is 54.7 Å². The van der Waals surface area contributed by atoms with Crippen molar-refractivity contribution in [1.82, 2.24) is 19.5 Å². The van der Waals surface area contributed by atoms with Crippen LogP contribution in [0.5, 0.6) is 5.75 Å². The molecular formula is C23H23FN6O. The van der Waals surface area contributed by atoms with E-state index in [1.54, 1.807) is 31.5 Å². The second kappa shape index (κ2) is 8.22. The lowest BCUT2D eigenvalue weighted by Gasteiger charge is -2.17. The maximum Gasteiger partial charge on any atom is 0.229 e. The number of hydrogen-bond donors (Lipinski definition) is 2. The molecule has 31 heavy (non-hydrogen) atoms. The van der Waals surface area contributed by atoms with Crippen LogP contribution >= 0.6 is 0 Å². The molecule has 4 aromatic rings. The van der Waals surface area contributed by atoms with Crippen molar-refractivity contribution < 1.29 is 9.13 Å². The highest BCUT2D eigenvalue weighted by Crippen LogP contribution is 2.36. The molecule has 1 aliphatic rings. The number of aromatic nitrogens is 4. The third-order valence-electron chi connectivity index (χ3n) is 5.57. The highest BCUT2D eigenvalue weighted by atomic mass is 19.1. The van der Waals surface area contributed by atoms with Gasteiger partial charge < -0.3 is 15.4 Å². The summed E-state index contributed by atoms with van der Waals surface area (Å²) in [5, 5.41) is 6.40. The Labute approximate surface area is 179 Å². The summed E-state index contributed by atoms with van der Waals surface area (Å²) >= 11 is 0. The number of fused-ring (bicyclic) bond motifs is 1. The first kappa shape index (κ1) is 19.3. The number of imidazole rings is 1. The first-order valence-electron chi connectivity index (χ1n) is 10.4. The van der Waals surface area contributed by atoms with Crippen LogP contribution in [0, 0.1) is 5.82 Å². The van der Waals surface area contributed by atoms with E-state index in [0.29, 0.717) is 23.1 Å². The molecule has 1 fully saturated rings. The molecule has 0 radical (unpaired) electrons. The Morgan fingerprint density at radius 3 is 2.68 bits per heavy atom. The van der Waals surface area contributed by atoms with Crippen LogP contribution < -0.4 is 15.4 Å². The number of para-hydroxylation sites is 1. The lowest BCUT2D eigenvalue weighted by atomic mass is 10.2. The van der Waals surface area contributed by atoms with Gasteiger partial charge in [0.1, 0.15) is 17.1 Å². The fourth-order valence-corrected chi connectivity index (χ4v) is 4.06. The topological polar surface area (TPSA) is 76.9 Å². The molecule has 2 N–H and O–H groups in total. The second-order valence-corrected chi connectivity index (χ2v) is 7.61. The molecule has 8 heteroatoms. The van der Waals surface area contributed by atoms with E-state index in [-0.39, 0.29) is 11.9 Å². The molecule has 0 bridgehead atoms. The summed E-state index contributed by atoms with van der Waals surface area (Å²) in [7, 11) is 1.63. The van der Waals surface area contributed by atoms with Crippen LogP contribution in [0.2, 0.25) is 0 Å². The van der Waals surface area contributed by atoms with Crippen molar-refractivity contribution in [3.8, 4) is 5.75 Å². The third-order valence-corrected chi connectivity index (χ3v) is 5.57. The Morgan fingerprint density at radius 2 is 1.87 bits per heavy atom. The van der Waals surface area contributed by atoms with E-state index >= 15 is 0 Å². The van der Waals surface area contributed by atoms with Crippen molar-refractivity contribution in [2.24, 2.45) is 0 Å². The first-order chi connectivity index (χ1) is 15.2. The molecular weight excluding hydrogens is 395 g/mol. The molecule has 158 valence electrons. The van der Waals surface area contributed by atoms with Crippen LogP contribution in [0.3, 0.4) is 0 Å². The van der Waals surface area contributed by atoms with E-state index in [4.69, 9.17) is 9.72 Å². The number of anilines is 4. The number of methoxy groups -OCH3 is 1. The smallest absolute Gasteiger partial charge is 0.229 e. The van der Waals surface area contributed by atoms with Gasteiger partial charge in [0.05, 0.1) is 19.0 Å². The van der Waals surface area contributed by atoms with Gasteiger partial charge in [-0.1, -0.05) is 31.0 Å². The van der Waals surface area contributed by atoms with E-state index in [2.05, 4.69) is 25.2 Å². The van der Waals surface area contributed by atoms with Crippen LogP contribution in [0.25, 0.3) is 11.2 Å². The molecule has 1 aliphatic carbocycles. The van der Waals surface area contributed by atoms with Gasteiger partial charge in [0.2, 0.25) is 11.9 Å². The van der Waals surface area contributed by atoms with E-state index in [0.717, 1.165) is 42.8 Å². The molecule has 5 rings (SSSR count). The number of nitrogens with one attached hydrogen (secondary N) is 2. The number of hydrogen-bond acceptors (Lipinski definition) is 6. The lowest BCUT2D eigenvalue weighted by molar-refractivity contribution is 0.415. The van der Waals surface area contributed by atoms with Crippen molar-refractivity contribution >= 4 is 34.4 Å². The van der Waals surface area contributed by atoms with Gasteiger partial charge in [0.25, 0.3) is 0 Å². The minimum atomic E-state index is -0.320. The third kappa shape index (κ3) is 3.88. The van der Waals surface area contributed by atoms with Crippen molar-refractivity contribution in [1.29, 1.82) is 0 Å². The normalized spacial score (nSPS) is 14.1. The van der Waals surface area contributed by atoms with Crippen molar-refractivity contribution in [3.05, 3.63) is 60.5 Å². The highest BCUT2D eigenvalue weighted by molar-refractivity contribution is 5.77. The van der Waals surface area contributed by atoms with E-state index in [9.17, 15) is 4.39 Å². The number of rotatable bonds is 6. The predicted molar refractivity (Wildman–Crippen MR) is 119 cm³/mol. The monoisotopic (exact) mass is 418 g/mol. The van der Waals surface area contributed by atoms with Crippen molar-refractivity contribution in [2.45, 2.75) is 31.7 Å². The summed E-state index contributed by atoms with van der Waals surface area (Å²) in [4.78, 5) is 13.9. The van der Waals surface area contributed by atoms with Gasteiger partial charge in [0.15, 0.2) is 5.65 Å². The van der Waals surface area contributed by atoms with Crippen LogP contribution in [-0.4, -0.2) is 26.6 Å².